The Hall–Kier alpha value is -2.45. The number of rotatable bonds is 9. The van der Waals surface area contributed by atoms with E-state index in [2.05, 4.69) is 89.7 Å². The molecule has 6 nitrogen and oxygen atoms in total. The SMILES string of the molecule is [C-]#[N+]c1ccc(C[C@@H](c2nnc(-c3cccc(O[Si](C)(C)C(C)(C)C)c3)o2)[C@@H](C)O[Si](C)(C)C(C)(C)C)c(C)c1Cl. The van der Waals surface area contributed by atoms with Crippen molar-refractivity contribution in [2.24, 2.45) is 0 Å². The summed E-state index contributed by atoms with van der Waals surface area (Å²) in [5.74, 6) is 1.57. The summed E-state index contributed by atoms with van der Waals surface area (Å²) in [5.41, 5.74) is 3.19. The van der Waals surface area contributed by atoms with Gasteiger partial charge in [-0.05, 0) is 85.9 Å². The lowest BCUT2D eigenvalue weighted by atomic mass is 9.92. The number of halogens is 1. The van der Waals surface area contributed by atoms with Crippen molar-refractivity contribution < 1.29 is 13.3 Å². The molecule has 0 saturated heterocycles. The van der Waals surface area contributed by atoms with Gasteiger partial charge in [0.2, 0.25) is 25.8 Å². The van der Waals surface area contributed by atoms with Crippen LogP contribution in [-0.4, -0.2) is 32.9 Å². The predicted octanol–water partition coefficient (Wildman–Crippen LogP) is 10.4. The van der Waals surface area contributed by atoms with Crippen LogP contribution in [0.1, 0.15) is 71.4 Å². The Bertz CT molecular complexity index is 1410. The molecule has 0 aliphatic carbocycles. The van der Waals surface area contributed by atoms with Gasteiger partial charge in [-0.25, -0.2) is 4.85 Å². The first-order valence-corrected chi connectivity index (χ1v) is 20.4. The van der Waals surface area contributed by atoms with Crippen LogP contribution in [0.3, 0.4) is 0 Å². The van der Waals surface area contributed by atoms with Gasteiger partial charge in [-0.1, -0.05) is 71.3 Å². The van der Waals surface area contributed by atoms with Gasteiger partial charge in [0.1, 0.15) is 5.75 Å². The molecule has 0 saturated carbocycles. The van der Waals surface area contributed by atoms with Crippen LogP contribution in [-0.2, 0) is 10.8 Å². The summed E-state index contributed by atoms with van der Waals surface area (Å²) in [6.45, 7) is 33.8. The summed E-state index contributed by atoms with van der Waals surface area (Å²) in [6, 6.07) is 11.6. The molecule has 0 fully saturated rings. The first-order valence-electron chi connectivity index (χ1n) is 14.2. The highest BCUT2D eigenvalue weighted by atomic mass is 35.5. The zero-order chi connectivity index (χ0) is 31.0. The van der Waals surface area contributed by atoms with Gasteiger partial charge in [0, 0.05) is 5.56 Å². The first kappa shape index (κ1) is 33.1. The lowest BCUT2D eigenvalue weighted by Gasteiger charge is -2.40. The summed E-state index contributed by atoms with van der Waals surface area (Å²) in [5, 5.41) is 9.62. The van der Waals surface area contributed by atoms with Crippen LogP contribution < -0.4 is 4.43 Å². The fraction of sp³-hybridized carbons (Fsp3) is 0.531. The average Bonchev–Trinajstić information content (AvgIpc) is 3.33. The molecule has 0 bridgehead atoms. The Morgan fingerprint density at radius 2 is 1.61 bits per heavy atom. The minimum Gasteiger partial charge on any atom is -0.543 e. The topological polar surface area (TPSA) is 61.7 Å². The van der Waals surface area contributed by atoms with E-state index in [1.54, 1.807) is 6.07 Å². The summed E-state index contributed by atoms with van der Waals surface area (Å²) in [4.78, 5) is 3.55. The molecule has 0 N–H and O–H groups in total. The Morgan fingerprint density at radius 1 is 0.976 bits per heavy atom. The van der Waals surface area contributed by atoms with Crippen molar-refractivity contribution in [1.82, 2.24) is 10.2 Å². The minimum absolute atomic E-state index is 0.0485. The van der Waals surface area contributed by atoms with Crippen LogP contribution >= 0.6 is 11.6 Å². The van der Waals surface area contributed by atoms with Gasteiger partial charge in [0.05, 0.1) is 23.6 Å². The standard InChI is InChI=1S/C32H46ClN3O3Si2/c1-21-23(17-18-27(34-9)28(21)33)20-26(22(2)38-40(10,11)31(3,4)5)30-36-35-29(37-30)24-15-14-16-25(19-24)39-41(12,13)32(6,7)8/h14-19,22,26H,20H2,1-8,10-13H3/t22-,26-/m1/s1. The molecule has 2 atom stereocenters. The molecule has 1 heterocycles. The molecule has 0 spiro atoms. The highest BCUT2D eigenvalue weighted by Crippen LogP contribution is 2.41. The van der Waals surface area contributed by atoms with E-state index < -0.39 is 16.6 Å². The van der Waals surface area contributed by atoms with Crippen molar-refractivity contribution in [3.05, 3.63) is 69.9 Å². The molecule has 0 unspecified atom stereocenters. The van der Waals surface area contributed by atoms with E-state index in [9.17, 15) is 0 Å². The van der Waals surface area contributed by atoms with Gasteiger partial charge in [-0.15, -0.1) is 10.2 Å². The van der Waals surface area contributed by atoms with Gasteiger partial charge >= 0.3 is 0 Å². The van der Waals surface area contributed by atoms with Gasteiger partial charge in [0.15, 0.2) is 8.32 Å². The third-order valence-corrected chi connectivity index (χ3v) is 18.3. The molecule has 0 radical (unpaired) electrons. The van der Waals surface area contributed by atoms with E-state index >= 15 is 0 Å². The van der Waals surface area contributed by atoms with Crippen molar-refractivity contribution in [1.29, 1.82) is 0 Å². The van der Waals surface area contributed by atoms with Crippen LogP contribution in [0.15, 0.2) is 40.8 Å². The van der Waals surface area contributed by atoms with E-state index in [0.29, 0.717) is 28.9 Å². The molecule has 0 amide bonds. The third kappa shape index (κ3) is 7.50. The molecule has 3 rings (SSSR count). The van der Waals surface area contributed by atoms with Crippen molar-refractivity contribution >= 4 is 33.9 Å². The second-order valence-corrected chi connectivity index (χ2v) is 23.9. The lowest BCUT2D eigenvalue weighted by Crippen LogP contribution is -2.44. The molecule has 41 heavy (non-hydrogen) atoms. The van der Waals surface area contributed by atoms with Gasteiger partial charge in [0.25, 0.3) is 0 Å². The van der Waals surface area contributed by atoms with Crippen LogP contribution in [0.2, 0.25) is 41.3 Å². The van der Waals surface area contributed by atoms with Crippen molar-refractivity contribution in [3.63, 3.8) is 0 Å². The van der Waals surface area contributed by atoms with Crippen LogP contribution in [0, 0.1) is 13.5 Å². The normalized spacial score (nSPS) is 14.4. The number of aromatic nitrogens is 2. The second kappa shape index (κ2) is 12.0. The quantitative estimate of drug-likeness (QED) is 0.178. The number of nitrogens with zero attached hydrogens (tertiary/aromatic N) is 3. The van der Waals surface area contributed by atoms with Crippen molar-refractivity contribution in [2.75, 3.05) is 0 Å². The Labute approximate surface area is 253 Å². The number of hydrogen-bond acceptors (Lipinski definition) is 5. The second-order valence-electron chi connectivity index (χ2n) is 14.0. The van der Waals surface area contributed by atoms with E-state index in [1.807, 2.05) is 37.3 Å². The maximum atomic E-state index is 7.42. The minimum atomic E-state index is -2.09. The molecule has 0 aliphatic rings. The number of benzene rings is 2. The zero-order valence-electron chi connectivity index (χ0n) is 26.8. The Kier molecular flexibility index (Phi) is 9.71. The molecule has 0 aliphatic heterocycles. The van der Waals surface area contributed by atoms with Crippen LogP contribution in [0.4, 0.5) is 5.69 Å². The van der Waals surface area contributed by atoms with Gasteiger partial charge in [-0.2, -0.15) is 0 Å². The maximum absolute atomic E-state index is 7.42. The molecule has 3 aromatic rings. The largest absolute Gasteiger partial charge is 0.543 e. The molecule has 222 valence electrons. The molecule has 2 aromatic carbocycles. The monoisotopic (exact) mass is 611 g/mol. The smallest absolute Gasteiger partial charge is 0.250 e. The number of hydrogen-bond donors (Lipinski definition) is 0. The van der Waals surface area contributed by atoms with E-state index in [4.69, 9.17) is 31.4 Å². The van der Waals surface area contributed by atoms with E-state index in [-0.39, 0.29) is 22.1 Å². The fourth-order valence-corrected chi connectivity index (χ4v) is 6.77. The molecule has 9 heteroatoms. The predicted molar refractivity (Wildman–Crippen MR) is 174 cm³/mol. The fourth-order valence-electron chi connectivity index (χ4n) is 4.07. The summed E-state index contributed by atoms with van der Waals surface area (Å²) < 4.78 is 19.8. The summed E-state index contributed by atoms with van der Waals surface area (Å²) >= 11 is 6.55. The third-order valence-electron chi connectivity index (χ3n) is 8.91. The zero-order valence-corrected chi connectivity index (χ0v) is 29.5. The van der Waals surface area contributed by atoms with E-state index in [1.165, 1.54) is 0 Å². The van der Waals surface area contributed by atoms with E-state index in [0.717, 1.165) is 22.4 Å². The van der Waals surface area contributed by atoms with Crippen LogP contribution in [0.5, 0.6) is 5.75 Å². The van der Waals surface area contributed by atoms with Crippen molar-refractivity contribution in [3.8, 4) is 17.2 Å². The van der Waals surface area contributed by atoms with Crippen LogP contribution in [0.25, 0.3) is 16.3 Å². The average molecular weight is 612 g/mol. The van der Waals surface area contributed by atoms with Gasteiger partial charge < -0.3 is 13.3 Å². The molecule has 1 aromatic heterocycles. The summed E-state index contributed by atoms with van der Waals surface area (Å²) in [6.07, 6.45) is 0.409. The Balaban J connectivity index is 2.00. The highest BCUT2D eigenvalue weighted by Gasteiger charge is 2.41. The van der Waals surface area contributed by atoms with Crippen molar-refractivity contribution in [2.45, 2.75) is 110 Å². The maximum Gasteiger partial charge on any atom is 0.250 e. The molecular weight excluding hydrogens is 566 g/mol. The first-order chi connectivity index (χ1) is 18.8. The summed E-state index contributed by atoms with van der Waals surface area (Å²) in [7, 11) is -4.10. The highest BCUT2D eigenvalue weighted by molar-refractivity contribution is 6.75. The Morgan fingerprint density at radius 3 is 2.20 bits per heavy atom. The van der Waals surface area contributed by atoms with Gasteiger partial charge in [-0.3, -0.25) is 0 Å². The lowest BCUT2D eigenvalue weighted by molar-refractivity contribution is 0.154. The molecular formula is C32H46ClN3O3Si2.